The van der Waals surface area contributed by atoms with Gasteiger partial charge in [-0.05, 0) is 43.1 Å². The average Bonchev–Trinajstić information content (AvgIpc) is 2.30. The van der Waals surface area contributed by atoms with Crippen molar-refractivity contribution in [1.29, 1.82) is 0 Å². The third-order valence-corrected chi connectivity index (χ3v) is 3.98. The predicted molar refractivity (Wildman–Crippen MR) is 86.7 cm³/mol. The zero-order valence-electron chi connectivity index (χ0n) is 13.7. The van der Waals surface area contributed by atoms with E-state index in [4.69, 9.17) is 5.73 Å². The number of aliphatic hydroxyl groups excluding tert-OH is 1. The third-order valence-electron chi connectivity index (χ3n) is 3.98. The lowest BCUT2D eigenvalue weighted by molar-refractivity contribution is 0.0363. The minimum atomic E-state index is -0.363. The maximum atomic E-state index is 10.5. The Morgan fingerprint density at radius 3 is 2.15 bits per heavy atom. The molecule has 1 rings (SSSR count). The maximum absolute atomic E-state index is 10.5. The highest BCUT2D eigenvalue weighted by Gasteiger charge is 2.29. The molecule has 1 aromatic carbocycles. The van der Waals surface area contributed by atoms with Crippen LogP contribution in [0.4, 0.5) is 0 Å². The first-order valence-corrected chi connectivity index (χ1v) is 7.70. The summed E-state index contributed by atoms with van der Waals surface area (Å²) in [5, 5.41) is 10.5. The Morgan fingerprint density at radius 1 is 1.10 bits per heavy atom. The predicted octanol–water partition coefficient (Wildman–Crippen LogP) is 3.69. The van der Waals surface area contributed by atoms with Gasteiger partial charge < -0.3 is 10.8 Å². The van der Waals surface area contributed by atoms with Gasteiger partial charge in [-0.25, -0.2) is 0 Å². The van der Waals surface area contributed by atoms with E-state index in [0.717, 1.165) is 12.8 Å². The van der Waals surface area contributed by atoms with Crippen LogP contribution in [0.15, 0.2) is 24.3 Å². The van der Waals surface area contributed by atoms with Crippen LogP contribution >= 0.6 is 0 Å². The van der Waals surface area contributed by atoms with Crippen LogP contribution in [0.5, 0.6) is 0 Å². The molecule has 0 saturated carbocycles. The van der Waals surface area contributed by atoms with Crippen molar-refractivity contribution in [1.82, 2.24) is 0 Å². The summed E-state index contributed by atoms with van der Waals surface area (Å²) in [5.41, 5.74) is 8.52. The zero-order chi connectivity index (χ0) is 15.3. The van der Waals surface area contributed by atoms with Crippen molar-refractivity contribution in [2.75, 3.05) is 0 Å². The molecule has 114 valence electrons. The van der Waals surface area contributed by atoms with E-state index in [1.165, 1.54) is 11.1 Å². The van der Waals surface area contributed by atoms with Gasteiger partial charge in [0.1, 0.15) is 0 Å². The third kappa shape index (κ3) is 5.64. The Balaban J connectivity index is 2.60. The van der Waals surface area contributed by atoms with E-state index in [1.807, 2.05) is 0 Å². The van der Waals surface area contributed by atoms with E-state index in [2.05, 4.69) is 58.9 Å². The van der Waals surface area contributed by atoms with E-state index in [9.17, 15) is 5.11 Å². The van der Waals surface area contributed by atoms with Crippen LogP contribution < -0.4 is 5.73 Å². The van der Waals surface area contributed by atoms with Crippen LogP contribution in [0.25, 0.3) is 0 Å². The van der Waals surface area contributed by atoms with Crippen molar-refractivity contribution in [3.05, 3.63) is 35.4 Å². The van der Waals surface area contributed by atoms with Gasteiger partial charge in [0.25, 0.3) is 0 Å². The number of hydrogen-bond donors (Lipinski definition) is 2. The van der Waals surface area contributed by atoms with Gasteiger partial charge in [-0.1, -0.05) is 57.5 Å². The van der Waals surface area contributed by atoms with Crippen molar-refractivity contribution in [3.8, 4) is 0 Å². The lowest BCUT2D eigenvalue weighted by atomic mass is 9.77. The first-order valence-electron chi connectivity index (χ1n) is 7.70. The lowest BCUT2D eigenvalue weighted by Gasteiger charge is -2.32. The Bertz CT molecular complexity index is 394. The lowest BCUT2D eigenvalue weighted by Crippen LogP contribution is -2.37. The summed E-state index contributed by atoms with van der Waals surface area (Å²) in [5.74, 6) is 0.581. The molecular weight excluding hydrogens is 246 g/mol. The highest BCUT2D eigenvalue weighted by Crippen LogP contribution is 2.29. The van der Waals surface area contributed by atoms with Gasteiger partial charge in [-0.15, -0.1) is 0 Å². The molecule has 0 aliphatic rings. The summed E-state index contributed by atoms with van der Waals surface area (Å²) >= 11 is 0. The van der Waals surface area contributed by atoms with E-state index in [-0.39, 0.29) is 17.6 Å². The summed E-state index contributed by atoms with van der Waals surface area (Å²) in [4.78, 5) is 0. The summed E-state index contributed by atoms with van der Waals surface area (Å²) in [7, 11) is 0. The first-order chi connectivity index (χ1) is 9.20. The summed E-state index contributed by atoms with van der Waals surface area (Å²) < 4.78 is 0. The minimum Gasteiger partial charge on any atom is -0.392 e. The minimum absolute atomic E-state index is 0.0855. The molecule has 0 aromatic heterocycles. The highest BCUT2D eigenvalue weighted by atomic mass is 16.3. The normalized spacial score (nSPS) is 15.4. The van der Waals surface area contributed by atoms with Gasteiger partial charge in [0, 0.05) is 6.04 Å². The standard InChI is InChI=1S/C18H31NO/c1-13(2)10-16(19)11-17(20)18(4,5)12-15-8-6-14(3)7-9-15/h6-9,13,16-17,20H,10-12,19H2,1-5H3. The SMILES string of the molecule is Cc1ccc(CC(C)(C)C(O)CC(N)CC(C)C)cc1. The van der Waals surface area contributed by atoms with Gasteiger partial charge in [-0.2, -0.15) is 0 Å². The monoisotopic (exact) mass is 277 g/mol. The molecule has 0 spiro atoms. The van der Waals surface area contributed by atoms with Crippen LogP contribution in [0, 0.1) is 18.3 Å². The summed E-state index contributed by atoms with van der Waals surface area (Å²) in [6.07, 6.45) is 2.16. The van der Waals surface area contributed by atoms with Crippen LogP contribution in [-0.2, 0) is 6.42 Å². The summed E-state index contributed by atoms with van der Waals surface area (Å²) in [6.45, 7) is 10.7. The van der Waals surface area contributed by atoms with Gasteiger partial charge >= 0.3 is 0 Å². The second-order valence-electron chi connectivity index (χ2n) is 7.29. The molecule has 2 unspecified atom stereocenters. The molecule has 3 N–H and O–H groups in total. The molecule has 1 aromatic rings. The van der Waals surface area contributed by atoms with Crippen LogP contribution in [-0.4, -0.2) is 17.3 Å². The van der Waals surface area contributed by atoms with E-state index < -0.39 is 0 Å². The maximum Gasteiger partial charge on any atom is 0.0609 e. The quantitative estimate of drug-likeness (QED) is 0.798. The molecule has 20 heavy (non-hydrogen) atoms. The molecule has 0 aliphatic heterocycles. The molecule has 0 amide bonds. The number of benzene rings is 1. The molecule has 0 aliphatic carbocycles. The van der Waals surface area contributed by atoms with E-state index in [0.29, 0.717) is 12.3 Å². The van der Waals surface area contributed by atoms with Gasteiger partial charge in [-0.3, -0.25) is 0 Å². The number of nitrogens with two attached hydrogens (primary N) is 1. The second kappa shape index (κ2) is 7.24. The number of hydrogen-bond acceptors (Lipinski definition) is 2. The highest BCUT2D eigenvalue weighted by molar-refractivity contribution is 5.22. The molecular formula is C18H31NO. The topological polar surface area (TPSA) is 46.2 Å². The average molecular weight is 277 g/mol. The Morgan fingerprint density at radius 2 is 1.65 bits per heavy atom. The van der Waals surface area contributed by atoms with Crippen molar-refractivity contribution in [2.24, 2.45) is 17.1 Å². The fraction of sp³-hybridized carbons (Fsp3) is 0.667. The van der Waals surface area contributed by atoms with Crippen LogP contribution in [0.1, 0.15) is 51.7 Å². The van der Waals surface area contributed by atoms with E-state index in [1.54, 1.807) is 0 Å². The van der Waals surface area contributed by atoms with Crippen molar-refractivity contribution < 1.29 is 5.11 Å². The number of aryl methyl sites for hydroxylation is 1. The molecule has 0 bridgehead atoms. The van der Waals surface area contributed by atoms with Crippen molar-refractivity contribution in [3.63, 3.8) is 0 Å². The van der Waals surface area contributed by atoms with Gasteiger partial charge in [0.15, 0.2) is 0 Å². The molecule has 2 nitrogen and oxygen atoms in total. The Labute approximate surface area is 124 Å². The molecule has 0 fully saturated rings. The van der Waals surface area contributed by atoms with E-state index >= 15 is 0 Å². The largest absolute Gasteiger partial charge is 0.392 e. The Hall–Kier alpha value is -0.860. The van der Waals surface area contributed by atoms with Gasteiger partial charge in [0.05, 0.1) is 6.10 Å². The molecule has 2 atom stereocenters. The number of rotatable bonds is 7. The zero-order valence-corrected chi connectivity index (χ0v) is 13.7. The summed E-state index contributed by atoms with van der Waals surface area (Å²) in [6, 6.07) is 8.64. The molecule has 0 saturated heterocycles. The van der Waals surface area contributed by atoms with Crippen LogP contribution in [0.3, 0.4) is 0 Å². The van der Waals surface area contributed by atoms with Crippen molar-refractivity contribution in [2.45, 2.75) is 66.0 Å². The van der Waals surface area contributed by atoms with Crippen molar-refractivity contribution >= 4 is 0 Å². The first kappa shape index (κ1) is 17.2. The van der Waals surface area contributed by atoms with Gasteiger partial charge in [0.2, 0.25) is 0 Å². The van der Waals surface area contributed by atoms with Crippen LogP contribution in [0.2, 0.25) is 0 Å². The fourth-order valence-electron chi connectivity index (χ4n) is 2.66. The fourth-order valence-corrected chi connectivity index (χ4v) is 2.66. The number of aliphatic hydroxyl groups is 1. The molecule has 2 heteroatoms. The second-order valence-corrected chi connectivity index (χ2v) is 7.29. The Kier molecular flexibility index (Phi) is 6.22. The molecule has 0 heterocycles. The molecule has 0 radical (unpaired) electrons. The smallest absolute Gasteiger partial charge is 0.0609 e.